The standard InChI is InChI=1S/C21H24N2O6/c1-4-27-17-7-6-15(11-16(17)23(25)26)21(24)22-20(13(2)3)14-5-8-18-19(12-14)29-10-9-28-18/h5-8,11-13,20H,4,9-10H2,1-3H3,(H,22,24)/t20-/m1/s1. The van der Waals surface area contributed by atoms with Gasteiger partial charge in [-0.25, -0.2) is 0 Å². The van der Waals surface area contributed by atoms with Gasteiger partial charge in [0.2, 0.25) is 0 Å². The summed E-state index contributed by atoms with van der Waals surface area (Å²) < 4.78 is 16.5. The number of ether oxygens (including phenoxy) is 3. The molecule has 0 saturated heterocycles. The molecule has 8 nitrogen and oxygen atoms in total. The van der Waals surface area contributed by atoms with Crippen molar-refractivity contribution in [1.29, 1.82) is 0 Å². The first-order valence-corrected chi connectivity index (χ1v) is 9.52. The number of hydrogen-bond acceptors (Lipinski definition) is 6. The van der Waals surface area contributed by atoms with Gasteiger partial charge in [0.1, 0.15) is 13.2 Å². The summed E-state index contributed by atoms with van der Waals surface area (Å²) in [5.74, 6) is 1.14. The van der Waals surface area contributed by atoms with E-state index >= 15 is 0 Å². The van der Waals surface area contributed by atoms with Crippen LogP contribution in [0.5, 0.6) is 17.2 Å². The van der Waals surface area contributed by atoms with Gasteiger partial charge in [0, 0.05) is 11.6 Å². The smallest absolute Gasteiger partial charge is 0.311 e. The summed E-state index contributed by atoms with van der Waals surface area (Å²) in [6.45, 7) is 7.00. The first kappa shape index (κ1) is 20.4. The predicted octanol–water partition coefficient (Wildman–Crippen LogP) is 3.89. The molecule has 0 aliphatic carbocycles. The van der Waals surface area contributed by atoms with Crippen LogP contribution in [-0.2, 0) is 0 Å². The molecular weight excluding hydrogens is 376 g/mol. The zero-order chi connectivity index (χ0) is 21.0. The van der Waals surface area contributed by atoms with Gasteiger partial charge < -0.3 is 19.5 Å². The minimum Gasteiger partial charge on any atom is -0.487 e. The maximum Gasteiger partial charge on any atom is 0.311 e. The third kappa shape index (κ3) is 4.59. The van der Waals surface area contributed by atoms with Crippen LogP contribution in [0.15, 0.2) is 36.4 Å². The van der Waals surface area contributed by atoms with Crippen LogP contribution in [0.4, 0.5) is 5.69 Å². The Kier molecular flexibility index (Phi) is 6.21. The molecule has 1 aliphatic heterocycles. The SMILES string of the molecule is CCOc1ccc(C(=O)N[C@@H](c2ccc3c(c2)OCCO3)C(C)C)cc1[N+](=O)[O-]. The number of carbonyl (C=O) groups excluding carboxylic acids is 1. The summed E-state index contributed by atoms with van der Waals surface area (Å²) in [5, 5.41) is 14.3. The topological polar surface area (TPSA) is 99.9 Å². The van der Waals surface area contributed by atoms with Gasteiger partial charge in [-0.1, -0.05) is 19.9 Å². The van der Waals surface area contributed by atoms with E-state index in [4.69, 9.17) is 14.2 Å². The molecule has 3 rings (SSSR count). The molecule has 0 bridgehead atoms. The Morgan fingerprint density at radius 2 is 1.90 bits per heavy atom. The van der Waals surface area contributed by atoms with Gasteiger partial charge in [0.25, 0.3) is 5.91 Å². The molecule has 1 aliphatic rings. The van der Waals surface area contributed by atoms with Crippen LogP contribution >= 0.6 is 0 Å². The van der Waals surface area contributed by atoms with E-state index in [-0.39, 0.29) is 29.0 Å². The first-order chi connectivity index (χ1) is 13.9. The zero-order valence-corrected chi connectivity index (χ0v) is 16.6. The number of nitrogens with zero attached hydrogens (tertiary/aromatic N) is 1. The Morgan fingerprint density at radius 1 is 1.17 bits per heavy atom. The number of amides is 1. The highest BCUT2D eigenvalue weighted by Crippen LogP contribution is 2.35. The average molecular weight is 400 g/mol. The van der Waals surface area contributed by atoms with E-state index in [0.29, 0.717) is 31.3 Å². The monoisotopic (exact) mass is 400 g/mol. The predicted molar refractivity (Wildman–Crippen MR) is 107 cm³/mol. The van der Waals surface area contributed by atoms with Crippen molar-refractivity contribution in [2.75, 3.05) is 19.8 Å². The Labute approximate surface area is 168 Å². The summed E-state index contributed by atoms with van der Waals surface area (Å²) in [6.07, 6.45) is 0. The number of nitro groups is 1. The van der Waals surface area contributed by atoms with E-state index in [1.54, 1.807) is 6.92 Å². The number of nitro benzene ring substituents is 1. The lowest BCUT2D eigenvalue weighted by Gasteiger charge is -2.25. The fourth-order valence-electron chi connectivity index (χ4n) is 3.19. The van der Waals surface area contributed by atoms with Crippen LogP contribution in [0.25, 0.3) is 0 Å². The molecule has 0 saturated carbocycles. The van der Waals surface area contributed by atoms with Crippen molar-refractivity contribution in [2.45, 2.75) is 26.8 Å². The Balaban J connectivity index is 1.85. The molecule has 154 valence electrons. The number of rotatable bonds is 7. The molecule has 29 heavy (non-hydrogen) atoms. The molecule has 1 atom stereocenters. The van der Waals surface area contributed by atoms with Gasteiger partial charge >= 0.3 is 5.69 Å². The van der Waals surface area contributed by atoms with E-state index in [1.165, 1.54) is 18.2 Å². The van der Waals surface area contributed by atoms with Gasteiger partial charge in [0.15, 0.2) is 17.2 Å². The maximum absolute atomic E-state index is 12.8. The van der Waals surface area contributed by atoms with Crippen molar-refractivity contribution >= 4 is 11.6 Å². The van der Waals surface area contributed by atoms with E-state index in [1.807, 2.05) is 32.0 Å². The van der Waals surface area contributed by atoms with Crippen molar-refractivity contribution in [2.24, 2.45) is 5.92 Å². The number of hydrogen-bond donors (Lipinski definition) is 1. The van der Waals surface area contributed by atoms with Gasteiger partial charge in [-0.3, -0.25) is 14.9 Å². The van der Waals surface area contributed by atoms with E-state index in [0.717, 1.165) is 5.56 Å². The lowest BCUT2D eigenvalue weighted by atomic mass is 9.95. The lowest BCUT2D eigenvalue weighted by molar-refractivity contribution is -0.385. The summed E-state index contributed by atoms with van der Waals surface area (Å²) in [4.78, 5) is 23.6. The summed E-state index contributed by atoms with van der Waals surface area (Å²) in [6, 6.07) is 9.48. The molecule has 0 radical (unpaired) electrons. The fourth-order valence-corrected chi connectivity index (χ4v) is 3.19. The maximum atomic E-state index is 12.8. The number of carbonyl (C=O) groups is 1. The summed E-state index contributed by atoms with van der Waals surface area (Å²) >= 11 is 0. The molecule has 0 spiro atoms. The highest BCUT2D eigenvalue weighted by molar-refractivity contribution is 5.95. The summed E-state index contributed by atoms with van der Waals surface area (Å²) in [7, 11) is 0. The highest BCUT2D eigenvalue weighted by Gasteiger charge is 2.24. The van der Waals surface area contributed by atoms with Crippen LogP contribution in [0.2, 0.25) is 0 Å². The number of fused-ring (bicyclic) bond motifs is 1. The second-order valence-electron chi connectivity index (χ2n) is 6.97. The van der Waals surface area contributed by atoms with Gasteiger partial charge in [-0.2, -0.15) is 0 Å². The van der Waals surface area contributed by atoms with Crippen molar-refractivity contribution < 1.29 is 23.9 Å². The van der Waals surface area contributed by atoms with E-state index in [9.17, 15) is 14.9 Å². The van der Waals surface area contributed by atoms with E-state index < -0.39 is 10.8 Å². The van der Waals surface area contributed by atoms with Crippen molar-refractivity contribution in [3.05, 3.63) is 57.6 Å². The van der Waals surface area contributed by atoms with Crippen LogP contribution in [-0.4, -0.2) is 30.7 Å². The minimum absolute atomic E-state index is 0.0826. The molecule has 2 aromatic carbocycles. The number of nitrogens with one attached hydrogen (secondary N) is 1. The van der Waals surface area contributed by atoms with Crippen LogP contribution < -0.4 is 19.5 Å². The largest absolute Gasteiger partial charge is 0.487 e. The molecule has 1 amide bonds. The molecule has 0 aromatic heterocycles. The van der Waals surface area contributed by atoms with Crippen LogP contribution in [0.1, 0.15) is 42.7 Å². The quantitative estimate of drug-likeness (QED) is 0.559. The first-order valence-electron chi connectivity index (χ1n) is 9.52. The second-order valence-corrected chi connectivity index (χ2v) is 6.97. The Morgan fingerprint density at radius 3 is 2.55 bits per heavy atom. The lowest BCUT2D eigenvalue weighted by Crippen LogP contribution is -2.32. The minimum atomic E-state index is -0.553. The van der Waals surface area contributed by atoms with Crippen molar-refractivity contribution in [3.63, 3.8) is 0 Å². The third-order valence-corrected chi connectivity index (χ3v) is 4.60. The van der Waals surface area contributed by atoms with Gasteiger partial charge in [-0.05, 0) is 42.7 Å². The van der Waals surface area contributed by atoms with Crippen LogP contribution in [0.3, 0.4) is 0 Å². The normalized spacial score (nSPS) is 13.7. The third-order valence-electron chi connectivity index (χ3n) is 4.60. The molecule has 8 heteroatoms. The molecule has 0 fully saturated rings. The average Bonchev–Trinajstić information content (AvgIpc) is 2.71. The molecular formula is C21H24N2O6. The molecule has 1 N–H and O–H groups in total. The summed E-state index contributed by atoms with van der Waals surface area (Å²) in [5.41, 5.74) is 0.835. The fraction of sp³-hybridized carbons (Fsp3) is 0.381. The zero-order valence-electron chi connectivity index (χ0n) is 16.6. The van der Waals surface area contributed by atoms with Crippen molar-refractivity contribution in [1.82, 2.24) is 5.32 Å². The Hall–Kier alpha value is -3.29. The molecule has 1 heterocycles. The Bertz CT molecular complexity index is 912. The van der Waals surface area contributed by atoms with Gasteiger partial charge in [-0.15, -0.1) is 0 Å². The molecule has 2 aromatic rings. The van der Waals surface area contributed by atoms with Crippen LogP contribution in [0, 0.1) is 16.0 Å². The van der Waals surface area contributed by atoms with E-state index in [2.05, 4.69) is 5.32 Å². The highest BCUT2D eigenvalue weighted by atomic mass is 16.6. The number of benzene rings is 2. The second kappa shape index (κ2) is 8.81. The van der Waals surface area contributed by atoms with Gasteiger partial charge in [0.05, 0.1) is 17.6 Å². The van der Waals surface area contributed by atoms with Crippen molar-refractivity contribution in [3.8, 4) is 17.2 Å². The molecule has 0 unspecified atom stereocenters.